The molecule has 0 radical (unpaired) electrons. The summed E-state index contributed by atoms with van der Waals surface area (Å²) in [5.41, 5.74) is 8.84. The molecule has 2 saturated heterocycles. The fourth-order valence-corrected chi connectivity index (χ4v) is 6.18. The van der Waals surface area contributed by atoms with Gasteiger partial charge in [-0.05, 0) is 43.2 Å². The first-order chi connectivity index (χ1) is 20.5. The Hall–Kier alpha value is -3.19. The van der Waals surface area contributed by atoms with Crippen LogP contribution < -0.4 is 15.1 Å². The largest absolute Gasteiger partial charge is 0.367 e. The molecule has 2 aliphatic rings. The summed E-state index contributed by atoms with van der Waals surface area (Å²) in [5.74, 6) is 0.833. The van der Waals surface area contributed by atoms with Crippen LogP contribution in [0.1, 0.15) is 32.2 Å². The molecule has 0 amide bonds. The molecule has 5 aromatic rings. The zero-order chi connectivity index (χ0) is 29.3. The normalized spacial score (nSPS) is 15.9. The highest BCUT2D eigenvalue weighted by molar-refractivity contribution is 7.00. The van der Waals surface area contributed by atoms with Crippen LogP contribution in [0.4, 0.5) is 11.4 Å². The van der Waals surface area contributed by atoms with Gasteiger partial charge in [-0.25, -0.2) is 0 Å². The topological polar surface area (TPSA) is 102 Å². The Morgan fingerprint density at radius 3 is 1.83 bits per heavy atom. The molecule has 224 valence electrons. The standard InChI is InChI=1S/C16H20N6S.C10H12N4S.C4H10/c1-12-11-13(18-17-12)5-6-21-7-9-22(10-8-21)15-4-2-3-14-16(15)20-23-19-14;1-2-8-10(13-15-12-8)9(3-1)14-6-4-11-5-7-14;1-4(2)3/h2-4,11H,5-10H2,1H3,(H,17,18);1-3,11H,4-7H2;4H,1-3H3. The number of nitrogens with zero attached hydrogens (tertiary/aromatic N) is 8. The second-order valence-corrected chi connectivity index (χ2v) is 12.5. The smallest absolute Gasteiger partial charge is 0.128 e. The van der Waals surface area contributed by atoms with Crippen LogP contribution in [0.5, 0.6) is 0 Å². The number of rotatable bonds is 5. The highest BCUT2D eigenvalue weighted by atomic mass is 32.1. The molecule has 3 aromatic heterocycles. The lowest BCUT2D eigenvalue weighted by Crippen LogP contribution is -2.47. The average Bonchev–Trinajstić information content (AvgIpc) is 3.77. The summed E-state index contributed by atoms with van der Waals surface area (Å²) in [4.78, 5) is 7.32. The van der Waals surface area contributed by atoms with Crippen molar-refractivity contribution in [3.63, 3.8) is 0 Å². The molecule has 0 bridgehead atoms. The zero-order valence-electron chi connectivity index (χ0n) is 25.1. The number of hydrogen-bond acceptors (Lipinski definition) is 11. The number of anilines is 2. The average molecular weight is 607 g/mol. The van der Waals surface area contributed by atoms with E-state index in [1.54, 1.807) is 0 Å². The van der Waals surface area contributed by atoms with E-state index in [-0.39, 0.29) is 0 Å². The molecule has 2 aliphatic heterocycles. The predicted octanol–water partition coefficient (Wildman–Crippen LogP) is 4.85. The van der Waals surface area contributed by atoms with Crippen molar-refractivity contribution < 1.29 is 0 Å². The van der Waals surface area contributed by atoms with Gasteiger partial charge in [0.1, 0.15) is 22.1 Å². The van der Waals surface area contributed by atoms with E-state index in [1.165, 1.54) is 34.8 Å². The maximum absolute atomic E-state index is 4.45. The summed E-state index contributed by atoms with van der Waals surface area (Å²) in [6.45, 7) is 18.1. The number of piperazine rings is 2. The fourth-order valence-electron chi connectivity index (χ4n) is 5.09. The van der Waals surface area contributed by atoms with Gasteiger partial charge < -0.3 is 15.1 Å². The van der Waals surface area contributed by atoms with E-state index in [9.17, 15) is 0 Å². The van der Waals surface area contributed by atoms with Crippen LogP contribution in [0.15, 0.2) is 42.5 Å². The molecule has 5 heterocycles. The summed E-state index contributed by atoms with van der Waals surface area (Å²) in [7, 11) is 0. The number of aromatic nitrogens is 6. The number of H-pyrrole nitrogens is 1. The van der Waals surface area contributed by atoms with Gasteiger partial charge in [0, 0.05) is 71.0 Å². The zero-order valence-corrected chi connectivity index (χ0v) is 26.7. The van der Waals surface area contributed by atoms with Gasteiger partial charge in [0.05, 0.1) is 40.5 Å². The summed E-state index contributed by atoms with van der Waals surface area (Å²) < 4.78 is 17.4. The third kappa shape index (κ3) is 8.00. The molecule has 12 heteroatoms. The van der Waals surface area contributed by atoms with E-state index >= 15 is 0 Å². The van der Waals surface area contributed by atoms with Gasteiger partial charge in [0.25, 0.3) is 0 Å². The van der Waals surface area contributed by atoms with Gasteiger partial charge in [-0.2, -0.15) is 22.6 Å². The van der Waals surface area contributed by atoms with Crippen LogP contribution in [-0.2, 0) is 6.42 Å². The molecule has 10 nitrogen and oxygen atoms in total. The van der Waals surface area contributed by atoms with E-state index in [0.29, 0.717) is 0 Å². The van der Waals surface area contributed by atoms with Crippen LogP contribution >= 0.6 is 23.5 Å². The highest BCUT2D eigenvalue weighted by Crippen LogP contribution is 2.26. The minimum atomic E-state index is 0.833. The molecular weight excluding hydrogens is 565 g/mol. The minimum absolute atomic E-state index is 0.833. The molecular formula is C30H42N10S2. The Labute approximate surface area is 256 Å². The van der Waals surface area contributed by atoms with Crippen molar-refractivity contribution >= 4 is 56.9 Å². The van der Waals surface area contributed by atoms with Gasteiger partial charge in [0.15, 0.2) is 0 Å². The van der Waals surface area contributed by atoms with Crippen molar-refractivity contribution in [2.75, 3.05) is 68.7 Å². The molecule has 0 aliphatic carbocycles. The molecule has 2 N–H and O–H groups in total. The number of fused-ring (bicyclic) bond motifs is 2. The van der Waals surface area contributed by atoms with Gasteiger partial charge >= 0.3 is 0 Å². The lowest BCUT2D eigenvalue weighted by molar-refractivity contribution is 0.260. The molecule has 2 fully saturated rings. The van der Waals surface area contributed by atoms with E-state index in [0.717, 1.165) is 105 Å². The van der Waals surface area contributed by atoms with Gasteiger partial charge in [-0.15, -0.1) is 0 Å². The van der Waals surface area contributed by atoms with Gasteiger partial charge in [-0.1, -0.05) is 32.9 Å². The van der Waals surface area contributed by atoms with Crippen molar-refractivity contribution in [3.05, 3.63) is 53.9 Å². The van der Waals surface area contributed by atoms with Crippen molar-refractivity contribution in [1.82, 2.24) is 37.9 Å². The first-order valence-corrected chi connectivity index (χ1v) is 16.3. The van der Waals surface area contributed by atoms with Crippen LogP contribution in [0.25, 0.3) is 22.1 Å². The molecule has 0 unspecified atom stereocenters. The third-order valence-corrected chi connectivity index (χ3v) is 8.23. The molecule has 42 heavy (non-hydrogen) atoms. The molecule has 7 rings (SSSR count). The van der Waals surface area contributed by atoms with E-state index < -0.39 is 0 Å². The number of hydrogen-bond donors (Lipinski definition) is 2. The third-order valence-electron chi connectivity index (χ3n) is 7.14. The first-order valence-electron chi connectivity index (χ1n) is 14.8. The van der Waals surface area contributed by atoms with Crippen molar-refractivity contribution in [1.29, 1.82) is 0 Å². The van der Waals surface area contributed by atoms with E-state index in [2.05, 4.69) is 98.8 Å². The van der Waals surface area contributed by atoms with Crippen molar-refractivity contribution in [2.45, 2.75) is 34.1 Å². The van der Waals surface area contributed by atoms with Crippen LogP contribution in [0, 0.1) is 12.8 Å². The first kappa shape index (κ1) is 30.3. The maximum atomic E-state index is 4.45. The second kappa shape index (κ2) is 14.8. The second-order valence-electron chi connectivity index (χ2n) is 11.4. The SMILES string of the molecule is CC(C)C.Cc1cc(CCN2CCN(c3cccc4nsnc34)CC2)n[nH]1.c1cc(N2CCNCC2)c2nsnc2c1. The minimum Gasteiger partial charge on any atom is -0.367 e. The Kier molecular flexibility index (Phi) is 10.7. The van der Waals surface area contributed by atoms with Crippen LogP contribution in [0.2, 0.25) is 0 Å². The molecule has 0 spiro atoms. The van der Waals surface area contributed by atoms with Crippen LogP contribution in [-0.4, -0.2) is 91.5 Å². The Morgan fingerprint density at radius 2 is 1.31 bits per heavy atom. The number of aryl methyl sites for hydroxylation is 1. The summed E-state index contributed by atoms with van der Waals surface area (Å²) >= 11 is 2.58. The Morgan fingerprint density at radius 1 is 0.762 bits per heavy atom. The number of aromatic amines is 1. The summed E-state index contributed by atoms with van der Waals surface area (Å²) in [5, 5.41) is 10.7. The quantitative estimate of drug-likeness (QED) is 0.291. The summed E-state index contributed by atoms with van der Waals surface area (Å²) in [6, 6.07) is 14.6. The predicted molar refractivity (Wildman–Crippen MR) is 176 cm³/mol. The van der Waals surface area contributed by atoms with Crippen LogP contribution in [0.3, 0.4) is 0 Å². The Balaban J connectivity index is 0.000000159. The molecule has 0 saturated carbocycles. The number of nitrogens with one attached hydrogen (secondary N) is 2. The van der Waals surface area contributed by atoms with Crippen molar-refractivity contribution in [2.24, 2.45) is 5.92 Å². The number of benzene rings is 2. The van der Waals surface area contributed by atoms with E-state index in [4.69, 9.17) is 0 Å². The molecule has 2 aromatic carbocycles. The van der Waals surface area contributed by atoms with Gasteiger partial charge in [-0.3, -0.25) is 10.00 Å². The monoisotopic (exact) mass is 606 g/mol. The van der Waals surface area contributed by atoms with Crippen molar-refractivity contribution in [3.8, 4) is 0 Å². The fraction of sp³-hybridized carbons (Fsp3) is 0.500. The Bertz CT molecular complexity index is 1510. The molecule has 0 atom stereocenters. The lowest BCUT2D eigenvalue weighted by atomic mass is 10.2. The maximum Gasteiger partial charge on any atom is 0.128 e. The highest BCUT2D eigenvalue weighted by Gasteiger charge is 2.20. The summed E-state index contributed by atoms with van der Waals surface area (Å²) in [6.07, 6.45) is 1.01. The van der Waals surface area contributed by atoms with Gasteiger partial charge in [0.2, 0.25) is 0 Å². The lowest BCUT2D eigenvalue weighted by Gasteiger charge is -2.36. The van der Waals surface area contributed by atoms with E-state index in [1.807, 2.05) is 19.1 Å².